The zero-order chi connectivity index (χ0) is 21.0. The Balaban J connectivity index is 1.51. The van der Waals surface area contributed by atoms with Crippen molar-refractivity contribution in [2.24, 2.45) is 0 Å². The normalized spacial score (nSPS) is 14.0. The molecule has 0 unspecified atom stereocenters. The van der Waals surface area contributed by atoms with E-state index < -0.39 is 11.9 Å². The van der Waals surface area contributed by atoms with Gasteiger partial charge in [0.15, 0.2) is 12.3 Å². The minimum atomic E-state index is -4.45. The lowest BCUT2D eigenvalue weighted by Crippen LogP contribution is -2.32. The SMILES string of the molecule is CC(C)c1ccc(OCC(=O)NCCn2nc(C(F)(F)F)c3c2CCCC3)cc1. The molecule has 1 heterocycles. The van der Waals surface area contributed by atoms with Gasteiger partial charge in [-0.2, -0.15) is 18.3 Å². The van der Waals surface area contributed by atoms with Crippen molar-refractivity contribution in [3.63, 3.8) is 0 Å². The molecule has 5 nitrogen and oxygen atoms in total. The van der Waals surface area contributed by atoms with Crippen LogP contribution in [0.4, 0.5) is 13.2 Å². The van der Waals surface area contributed by atoms with Gasteiger partial charge in [-0.3, -0.25) is 9.48 Å². The lowest BCUT2D eigenvalue weighted by molar-refractivity contribution is -0.142. The first-order valence-corrected chi connectivity index (χ1v) is 9.91. The number of nitrogens with one attached hydrogen (secondary N) is 1. The average Bonchev–Trinajstić information content (AvgIpc) is 3.06. The van der Waals surface area contributed by atoms with Crippen molar-refractivity contribution < 1.29 is 22.7 Å². The molecule has 1 aliphatic rings. The first-order chi connectivity index (χ1) is 13.8. The van der Waals surface area contributed by atoms with Crippen LogP contribution >= 0.6 is 0 Å². The Labute approximate surface area is 168 Å². The molecule has 3 rings (SSSR count). The van der Waals surface area contributed by atoms with Gasteiger partial charge in [0, 0.05) is 17.8 Å². The maximum atomic E-state index is 13.2. The number of halogens is 3. The van der Waals surface area contributed by atoms with Crippen LogP contribution in [0.5, 0.6) is 5.75 Å². The first-order valence-electron chi connectivity index (χ1n) is 9.91. The lowest BCUT2D eigenvalue weighted by atomic mass is 9.95. The average molecular weight is 409 g/mol. The number of carbonyl (C=O) groups is 1. The van der Waals surface area contributed by atoms with E-state index in [0.29, 0.717) is 35.8 Å². The smallest absolute Gasteiger partial charge is 0.435 e. The van der Waals surface area contributed by atoms with Crippen molar-refractivity contribution in [1.82, 2.24) is 15.1 Å². The maximum Gasteiger partial charge on any atom is 0.435 e. The third-order valence-corrected chi connectivity index (χ3v) is 5.09. The highest BCUT2D eigenvalue weighted by Crippen LogP contribution is 2.35. The molecule has 2 aromatic rings. The van der Waals surface area contributed by atoms with E-state index in [1.807, 2.05) is 24.3 Å². The van der Waals surface area contributed by atoms with Crippen LogP contribution in [0.1, 0.15) is 55.1 Å². The third kappa shape index (κ3) is 5.31. The van der Waals surface area contributed by atoms with Crippen LogP contribution in [-0.4, -0.2) is 28.8 Å². The van der Waals surface area contributed by atoms with Crippen LogP contribution in [0, 0.1) is 0 Å². The van der Waals surface area contributed by atoms with E-state index in [9.17, 15) is 18.0 Å². The largest absolute Gasteiger partial charge is 0.484 e. The summed E-state index contributed by atoms with van der Waals surface area (Å²) in [4.78, 5) is 12.0. The molecule has 8 heteroatoms. The fourth-order valence-corrected chi connectivity index (χ4v) is 3.53. The van der Waals surface area contributed by atoms with Crippen LogP contribution in [0.25, 0.3) is 0 Å². The summed E-state index contributed by atoms with van der Waals surface area (Å²) >= 11 is 0. The number of alkyl halides is 3. The Morgan fingerprint density at radius 3 is 2.55 bits per heavy atom. The first kappa shape index (κ1) is 21.2. The van der Waals surface area contributed by atoms with E-state index in [-0.39, 0.29) is 25.6 Å². The third-order valence-electron chi connectivity index (χ3n) is 5.09. The predicted molar refractivity (Wildman–Crippen MR) is 103 cm³/mol. The molecule has 1 amide bonds. The van der Waals surface area contributed by atoms with Gasteiger partial charge in [-0.05, 0) is 49.3 Å². The van der Waals surface area contributed by atoms with Crippen molar-refractivity contribution in [1.29, 1.82) is 0 Å². The fraction of sp³-hybridized carbons (Fsp3) is 0.524. The van der Waals surface area contributed by atoms with Crippen LogP contribution < -0.4 is 10.1 Å². The number of aromatic nitrogens is 2. The van der Waals surface area contributed by atoms with Gasteiger partial charge >= 0.3 is 6.18 Å². The summed E-state index contributed by atoms with van der Waals surface area (Å²) in [6.45, 7) is 4.44. The van der Waals surface area contributed by atoms with Crippen LogP contribution in [0.15, 0.2) is 24.3 Å². The van der Waals surface area contributed by atoms with E-state index in [2.05, 4.69) is 24.3 Å². The van der Waals surface area contributed by atoms with Gasteiger partial charge in [0.25, 0.3) is 5.91 Å². The Kier molecular flexibility index (Phi) is 6.49. The molecule has 1 N–H and O–H groups in total. The molecule has 1 aromatic heterocycles. The van der Waals surface area contributed by atoms with Gasteiger partial charge in [-0.1, -0.05) is 26.0 Å². The van der Waals surface area contributed by atoms with Crippen LogP contribution in [-0.2, 0) is 30.4 Å². The maximum absolute atomic E-state index is 13.2. The van der Waals surface area contributed by atoms with Crippen molar-refractivity contribution in [3.05, 3.63) is 46.8 Å². The summed E-state index contributed by atoms with van der Waals surface area (Å²) in [5.74, 6) is 0.689. The van der Waals surface area contributed by atoms with Gasteiger partial charge in [0.05, 0.1) is 6.54 Å². The summed E-state index contributed by atoms with van der Waals surface area (Å²) in [6.07, 6.45) is -1.86. The molecule has 1 aromatic carbocycles. The fourth-order valence-electron chi connectivity index (χ4n) is 3.53. The van der Waals surface area contributed by atoms with E-state index in [0.717, 1.165) is 12.8 Å². The Bertz CT molecular complexity index is 842. The highest BCUT2D eigenvalue weighted by molar-refractivity contribution is 5.77. The number of benzene rings is 1. The topological polar surface area (TPSA) is 56.1 Å². The Hall–Kier alpha value is -2.51. The molecule has 0 atom stereocenters. The molecule has 29 heavy (non-hydrogen) atoms. The molecule has 1 aliphatic carbocycles. The van der Waals surface area contributed by atoms with E-state index >= 15 is 0 Å². The molecule has 158 valence electrons. The highest BCUT2D eigenvalue weighted by Gasteiger charge is 2.39. The molecule has 0 aliphatic heterocycles. The summed E-state index contributed by atoms with van der Waals surface area (Å²) < 4.78 is 46.5. The van der Waals surface area contributed by atoms with Gasteiger partial charge in [-0.15, -0.1) is 0 Å². The van der Waals surface area contributed by atoms with Gasteiger partial charge < -0.3 is 10.1 Å². The summed E-state index contributed by atoms with van der Waals surface area (Å²) in [7, 11) is 0. The molecule has 0 saturated heterocycles. The van der Waals surface area contributed by atoms with Crippen LogP contribution in [0.2, 0.25) is 0 Å². The predicted octanol–water partition coefficient (Wildman–Crippen LogP) is 4.10. The lowest BCUT2D eigenvalue weighted by Gasteiger charge is -2.15. The van der Waals surface area contributed by atoms with Crippen molar-refractivity contribution in [2.45, 2.75) is 58.2 Å². The molecular weight excluding hydrogens is 383 g/mol. The molecule has 0 spiro atoms. The number of ether oxygens (including phenoxy) is 1. The molecule has 0 fully saturated rings. The monoisotopic (exact) mass is 409 g/mol. The Morgan fingerprint density at radius 1 is 1.21 bits per heavy atom. The molecule has 0 radical (unpaired) electrons. The van der Waals surface area contributed by atoms with Crippen molar-refractivity contribution in [2.75, 3.05) is 13.2 Å². The molecular formula is C21H26F3N3O2. The van der Waals surface area contributed by atoms with Gasteiger partial charge in [0.2, 0.25) is 0 Å². The zero-order valence-electron chi connectivity index (χ0n) is 16.7. The highest BCUT2D eigenvalue weighted by atomic mass is 19.4. The van der Waals surface area contributed by atoms with Gasteiger partial charge in [-0.25, -0.2) is 0 Å². The second-order valence-electron chi connectivity index (χ2n) is 7.56. The quantitative estimate of drug-likeness (QED) is 0.749. The number of nitrogens with zero attached hydrogens (tertiary/aromatic N) is 2. The summed E-state index contributed by atoms with van der Waals surface area (Å²) in [5.41, 5.74) is 1.34. The van der Waals surface area contributed by atoms with Crippen molar-refractivity contribution in [3.8, 4) is 5.75 Å². The zero-order valence-corrected chi connectivity index (χ0v) is 16.7. The van der Waals surface area contributed by atoms with E-state index in [1.54, 1.807) is 0 Å². The minimum absolute atomic E-state index is 0.147. The van der Waals surface area contributed by atoms with Crippen LogP contribution in [0.3, 0.4) is 0 Å². The standard InChI is InChI=1S/C21H26F3N3O2/c1-14(2)15-7-9-16(10-8-15)29-13-19(28)25-11-12-27-18-6-4-3-5-17(18)20(26-27)21(22,23)24/h7-10,14H,3-6,11-13H2,1-2H3,(H,25,28). The number of hydrogen-bond acceptors (Lipinski definition) is 3. The molecule has 0 bridgehead atoms. The number of amides is 1. The second kappa shape index (κ2) is 8.88. The second-order valence-corrected chi connectivity index (χ2v) is 7.56. The van der Waals surface area contributed by atoms with Gasteiger partial charge in [0.1, 0.15) is 5.75 Å². The van der Waals surface area contributed by atoms with E-state index in [4.69, 9.17) is 4.74 Å². The number of carbonyl (C=O) groups excluding carboxylic acids is 1. The number of hydrogen-bond donors (Lipinski definition) is 1. The summed E-state index contributed by atoms with van der Waals surface area (Å²) in [5, 5.41) is 6.46. The molecule has 0 saturated carbocycles. The van der Waals surface area contributed by atoms with E-state index in [1.165, 1.54) is 10.2 Å². The van der Waals surface area contributed by atoms with Crippen molar-refractivity contribution >= 4 is 5.91 Å². The minimum Gasteiger partial charge on any atom is -0.484 e. The number of fused-ring (bicyclic) bond motifs is 1. The summed E-state index contributed by atoms with van der Waals surface area (Å²) in [6, 6.07) is 7.54. The number of rotatable bonds is 7. The Morgan fingerprint density at radius 2 is 1.90 bits per heavy atom.